The summed E-state index contributed by atoms with van der Waals surface area (Å²) >= 11 is 0. The van der Waals surface area contributed by atoms with Crippen LogP contribution in [-0.4, -0.2) is 5.78 Å². The maximum absolute atomic E-state index is 12.8. The molecule has 0 amide bonds. The average molecular weight is 326 g/mol. The molecule has 0 saturated carbocycles. The largest absolute Gasteiger partial charge is 0.477 e. The maximum Gasteiger partial charge on any atom is 0.171 e. The Labute approximate surface area is 147 Å². The molecule has 1 heterocycles. The van der Waals surface area contributed by atoms with Crippen molar-refractivity contribution in [3.8, 4) is 5.75 Å². The van der Waals surface area contributed by atoms with Crippen LogP contribution >= 0.6 is 0 Å². The smallest absolute Gasteiger partial charge is 0.171 e. The highest BCUT2D eigenvalue weighted by atomic mass is 16.5. The molecule has 0 spiro atoms. The van der Waals surface area contributed by atoms with Crippen LogP contribution in [0.5, 0.6) is 5.75 Å². The first-order valence-electron chi connectivity index (χ1n) is 8.38. The summed E-state index contributed by atoms with van der Waals surface area (Å²) in [6.45, 7) is 0. The van der Waals surface area contributed by atoms with E-state index in [1.807, 2.05) is 97.1 Å². The Morgan fingerprint density at radius 1 is 0.800 bits per heavy atom. The van der Waals surface area contributed by atoms with Crippen molar-refractivity contribution in [1.82, 2.24) is 0 Å². The fourth-order valence-corrected chi connectivity index (χ4v) is 3.22. The van der Waals surface area contributed by atoms with Gasteiger partial charge in [-0.3, -0.25) is 4.79 Å². The monoisotopic (exact) mass is 326 g/mol. The summed E-state index contributed by atoms with van der Waals surface area (Å²) in [5, 5.41) is 0. The zero-order chi connectivity index (χ0) is 17.1. The molecule has 1 atom stereocenters. The Kier molecular flexibility index (Phi) is 3.95. The number of benzene rings is 3. The van der Waals surface area contributed by atoms with Crippen LogP contribution in [0.25, 0.3) is 6.08 Å². The zero-order valence-corrected chi connectivity index (χ0v) is 13.8. The number of carbonyl (C=O) groups excluding carboxylic acids is 1. The van der Waals surface area contributed by atoms with Gasteiger partial charge in [0.25, 0.3) is 0 Å². The third-order valence-electron chi connectivity index (χ3n) is 4.51. The van der Waals surface area contributed by atoms with Gasteiger partial charge < -0.3 is 4.74 Å². The van der Waals surface area contributed by atoms with Crippen molar-refractivity contribution in [2.24, 2.45) is 0 Å². The Bertz CT molecular complexity index is 913. The molecule has 2 heteroatoms. The summed E-state index contributed by atoms with van der Waals surface area (Å²) in [5.74, 6) is 0.740. The van der Waals surface area contributed by atoms with Crippen LogP contribution in [0.2, 0.25) is 0 Å². The van der Waals surface area contributed by atoms with Crippen molar-refractivity contribution in [3.05, 3.63) is 108 Å². The van der Waals surface area contributed by atoms with Crippen LogP contribution in [0, 0.1) is 0 Å². The van der Waals surface area contributed by atoms with Crippen molar-refractivity contribution in [2.75, 3.05) is 0 Å². The van der Waals surface area contributed by atoms with Gasteiger partial charge in [-0.15, -0.1) is 0 Å². The second-order valence-electron chi connectivity index (χ2n) is 6.20. The molecule has 1 aliphatic heterocycles. The first-order chi connectivity index (χ1) is 12.3. The van der Waals surface area contributed by atoms with Gasteiger partial charge in [-0.1, -0.05) is 78.9 Å². The van der Waals surface area contributed by atoms with Gasteiger partial charge in [-0.05, 0) is 29.3 Å². The molecule has 0 radical (unpaired) electrons. The molecule has 0 bridgehead atoms. The molecule has 0 saturated heterocycles. The molecule has 1 aliphatic rings. The number of carbonyl (C=O) groups is 1. The van der Waals surface area contributed by atoms with E-state index in [0.29, 0.717) is 11.3 Å². The predicted octanol–water partition coefficient (Wildman–Crippen LogP) is 5.26. The first-order valence-corrected chi connectivity index (χ1v) is 8.38. The number of rotatable bonds is 3. The van der Waals surface area contributed by atoms with Crippen molar-refractivity contribution < 1.29 is 9.53 Å². The van der Waals surface area contributed by atoms with Gasteiger partial charge in [0, 0.05) is 0 Å². The van der Waals surface area contributed by atoms with Crippen LogP contribution < -0.4 is 4.74 Å². The number of fused-ring (bicyclic) bond motifs is 1. The van der Waals surface area contributed by atoms with Crippen LogP contribution in [-0.2, 0) is 5.60 Å². The van der Waals surface area contributed by atoms with E-state index in [1.54, 1.807) is 0 Å². The summed E-state index contributed by atoms with van der Waals surface area (Å²) < 4.78 is 6.39. The molecule has 3 aromatic carbocycles. The lowest BCUT2D eigenvalue weighted by Crippen LogP contribution is -2.37. The van der Waals surface area contributed by atoms with Crippen molar-refractivity contribution in [2.45, 2.75) is 12.0 Å². The highest BCUT2D eigenvalue weighted by Gasteiger charge is 2.39. The van der Waals surface area contributed by atoms with Crippen molar-refractivity contribution >= 4 is 11.9 Å². The zero-order valence-electron chi connectivity index (χ0n) is 13.8. The van der Waals surface area contributed by atoms with Gasteiger partial charge in [0.05, 0.1) is 12.0 Å². The van der Waals surface area contributed by atoms with Crippen molar-refractivity contribution in [1.29, 1.82) is 0 Å². The maximum atomic E-state index is 12.8. The minimum Gasteiger partial charge on any atom is -0.477 e. The molecule has 122 valence electrons. The van der Waals surface area contributed by atoms with Gasteiger partial charge in [0.2, 0.25) is 0 Å². The van der Waals surface area contributed by atoms with Gasteiger partial charge in [-0.2, -0.15) is 0 Å². The topological polar surface area (TPSA) is 26.3 Å². The molecule has 1 unspecified atom stereocenters. The quantitative estimate of drug-likeness (QED) is 0.656. The highest BCUT2D eigenvalue weighted by Crippen LogP contribution is 2.40. The summed E-state index contributed by atoms with van der Waals surface area (Å²) in [6, 6.07) is 27.4. The number of ether oxygens (including phenoxy) is 1. The van der Waals surface area contributed by atoms with E-state index >= 15 is 0 Å². The molecule has 0 aromatic heterocycles. The van der Waals surface area contributed by atoms with Gasteiger partial charge in [-0.25, -0.2) is 0 Å². The Hall–Kier alpha value is -3.13. The average Bonchev–Trinajstić information content (AvgIpc) is 2.68. The molecule has 2 nitrogen and oxygen atoms in total. The third kappa shape index (κ3) is 2.99. The van der Waals surface area contributed by atoms with E-state index in [0.717, 1.165) is 11.1 Å². The van der Waals surface area contributed by atoms with E-state index in [1.165, 1.54) is 0 Å². The summed E-state index contributed by atoms with van der Waals surface area (Å²) in [6.07, 6.45) is 4.32. The normalized spacial score (nSPS) is 19.4. The van der Waals surface area contributed by atoms with E-state index in [4.69, 9.17) is 4.74 Å². The molecule has 0 N–H and O–H groups in total. The standard InChI is InChI=1S/C23H18O2/c24-21-17-23(19-11-5-2-6-12-19,16-15-18-9-3-1-4-10-18)25-22-14-8-7-13-20(21)22/h1-16H,17H2. The molecule has 3 aromatic rings. The number of para-hydroxylation sites is 1. The fraction of sp³-hybridized carbons (Fsp3) is 0.0870. The number of hydrogen-bond acceptors (Lipinski definition) is 2. The lowest BCUT2D eigenvalue weighted by molar-refractivity contribution is 0.0655. The summed E-state index contributed by atoms with van der Waals surface area (Å²) in [5.41, 5.74) is 1.92. The van der Waals surface area contributed by atoms with Crippen LogP contribution in [0.1, 0.15) is 27.9 Å². The molecular formula is C23H18O2. The Morgan fingerprint density at radius 2 is 1.44 bits per heavy atom. The highest BCUT2D eigenvalue weighted by molar-refractivity contribution is 6.00. The number of Topliss-reactive ketones (excluding diaryl/α,β-unsaturated/α-hetero) is 1. The molecule has 4 rings (SSSR count). The minimum atomic E-state index is -0.789. The Morgan fingerprint density at radius 3 is 2.20 bits per heavy atom. The van der Waals surface area contributed by atoms with E-state index in [-0.39, 0.29) is 12.2 Å². The van der Waals surface area contributed by atoms with E-state index in [2.05, 4.69) is 0 Å². The van der Waals surface area contributed by atoms with Gasteiger partial charge in [0.15, 0.2) is 11.4 Å². The Balaban J connectivity index is 1.81. The van der Waals surface area contributed by atoms with Crippen LogP contribution in [0.15, 0.2) is 91.0 Å². The first kappa shape index (κ1) is 15.4. The molecular weight excluding hydrogens is 308 g/mol. The third-order valence-corrected chi connectivity index (χ3v) is 4.51. The van der Waals surface area contributed by atoms with Crippen LogP contribution in [0.4, 0.5) is 0 Å². The van der Waals surface area contributed by atoms with Gasteiger partial charge in [0.1, 0.15) is 5.75 Å². The summed E-state index contributed by atoms with van der Waals surface area (Å²) in [4.78, 5) is 12.8. The van der Waals surface area contributed by atoms with E-state index in [9.17, 15) is 4.79 Å². The predicted molar refractivity (Wildman–Crippen MR) is 99.6 cm³/mol. The molecule has 0 fully saturated rings. The van der Waals surface area contributed by atoms with E-state index < -0.39 is 5.60 Å². The number of hydrogen-bond donors (Lipinski definition) is 0. The molecule has 25 heavy (non-hydrogen) atoms. The second kappa shape index (κ2) is 6.40. The minimum absolute atomic E-state index is 0.100. The van der Waals surface area contributed by atoms with Gasteiger partial charge >= 0.3 is 0 Å². The summed E-state index contributed by atoms with van der Waals surface area (Å²) in [7, 11) is 0. The fourth-order valence-electron chi connectivity index (χ4n) is 3.22. The number of ketones is 1. The SMILES string of the molecule is O=C1CC(C=Cc2ccccc2)(c2ccccc2)Oc2ccccc21. The van der Waals surface area contributed by atoms with Crippen molar-refractivity contribution in [3.63, 3.8) is 0 Å². The lowest BCUT2D eigenvalue weighted by Gasteiger charge is -2.36. The second-order valence-corrected chi connectivity index (χ2v) is 6.20. The lowest BCUT2D eigenvalue weighted by atomic mass is 9.83. The van der Waals surface area contributed by atoms with Crippen LogP contribution in [0.3, 0.4) is 0 Å². The molecule has 0 aliphatic carbocycles.